The SMILES string of the molecule is O=C1C[C@@H]2C[C@@H]3CCCN2[C@@H]3C1. The maximum Gasteiger partial charge on any atom is 0.136 e. The van der Waals surface area contributed by atoms with E-state index in [9.17, 15) is 4.79 Å². The van der Waals surface area contributed by atoms with Gasteiger partial charge in [0.2, 0.25) is 0 Å². The molecule has 3 rings (SSSR count). The van der Waals surface area contributed by atoms with Gasteiger partial charge < -0.3 is 0 Å². The Morgan fingerprint density at radius 2 is 2.25 bits per heavy atom. The summed E-state index contributed by atoms with van der Waals surface area (Å²) in [5.41, 5.74) is 0. The third-order valence-corrected chi connectivity index (χ3v) is 3.91. The predicted molar refractivity (Wildman–Crippen MR) is 45.9 cm³/mol. The van der Waals surface area contributed by atoms with Crippen LogP contribution >= 0.6 is 0 Å². The summed E-state index contributed by atoms with van der Waals surface area (Å²) in [6, 6.07) is 1.30. The number of nitrogens with zero attached hydrogens (tertiary/aromatic N) is 1. The summed E-state index contributed by atoms with van der Waals surface area (Å²) in [4.78, 5) is 13.9. The average molecular weight is 165 g/mol. The highest BCUT2D eigenvalue weighted by Gasteiger charge is 2.47. The van der Waals surface area contributed by atoms with Crippen LogP contribution in [0.15, 0.2) is 0 Å². The number of rotatable bonds is 0. The summed E-state index contributed by atoms with van der Waals surface area (Å²) in [6.45, 7) is 1.26. The highest BCUT2D eigenvalue weighted by atomic mass is 16.1. The molecule has 3 heterocycles. The number of ketones is 1. The lowest BCUT2D eigenvalue weighted by Crippen LogP contribution is -2.46. The van der Waals surface area contributed by atoms with E-state index in [1.165, 1.54) is 25.8 Å². The first kappa shape index (κ1) is 7.07. The van der Waals surface area contributed by atoms with Gasteiger partial charge in [-0.25, -0.2) is 0 Å². The molecule has 12 heavy (non-hydrogen) atoms. The van der Waals surface area contributed by atoms with Gasteiger partial charge in [-0.3, -0.25) is 9.69 Å². The number of carbonyl (C=O) groups is 1. The van der Waals surface area contributed by atoms with E-state index in [2.05, 4.69) is 4.90 Å². The lowest BCUT2D eigenvalue weighted by atomic mass is 9.90. The van der Waals surface area contributed by atoms with Gasteiger partial charge in [-0.2, -0.15) is 0 Å². The van der Waals surface area contributed by atoms with Crippen molar-refractivity contribution in [2.24, 2.45) is 5.92 Å². The normalized spacial score (nSPS) is 51.2. The number of piperidine rings is 2. The van der Waals surface area contributed by atoms with Crippen LogP contribution in [0.25, 0.3) is 0 Å². The zero-order chi connectivity index (χ0) is 8.13. The molecule has 0 radical (unpaired) electrons. The first-order valence-corrected chi connectivity index (χ1v) is 5.12. The predicted octanol–water partition coefficient (Wildman–Crippen LogP) is 1.20. The molecule has 3 saturated heterocycles. The summed E-state index contributed by atoms with van der Waals surface area (Å²) >= 11 is 0. The Kier molecular flexibility index (Phi) is 1.37. The van der Waals surface area contributed by atoms with E-state index in [-0.39, 0.29) is 0 Å². The van der Waals surface area contributed by atoms with Crippen LogP contribution in [0.5, 0.6) is 0 Å². The van der Waals surface area contributed by atoms with E-state index < -0.39 is 0 Å². The third-order valence-electron chi connectivity index (χ3n) is 3.91. The van der Waals surface area contributed by atoms with Gasteiger partial charge in [0.05, 0.1) is 0 Å². The molecule has 0 aromatic carbocycles. The summed E-state index contributed by atoms with van der Waals surface area (Å²) in [5.74, 6) is 1.39. The molecule has 2 nitrogen and oxygen atoms in total. The highest BCUT2D eigenvalue weighted by molar-refractivity contribution is 5.81. The minimum absolute atomic E-state index is 0.519. The molecular formula is C10H15NO. The number of carbonyl (C=O) groups excluding carboxylic acids is 1. The van der Waals surface area contributed by atoms with Gasteiger partial charge in [-0.05, 0) is 31.7 Å². The molecule has 0 spiro atoms. The zero-order valence-electron chi connectivity index (χ0n) is 7.33. The van der Waals surface area contributed by atoms with Crippen LogP contribution in [-0.4, -0.2) is 29.3 Å². The minimum Gasteiger partial charge on any atom is -0.300 e. The second-order valence-corrected chi connectivity index (χ2v) is 4.54. The number of hydrogen-bond donors (Lipinski definition) is 0. The van der Waals surface area contributed by atoms with Crippen molar-refractivity contribution in [1.29, 1.82) is 0 Å². The highest BCUT2D eigenvalue weighted by Crippen LogP contribution is 2.43. The van der Waals surface area contributed by atoms with Crippen LogP contribution in [0.3, 0.4) is 0 Å². The smallest absolute Gasteiger partial charge is 0.136 e. The monoisotopic (exact) mass is 165 g/mol. The fourth-order valence-electron chi connectivity index (χ4n) is 3.44. The van der Waals surface area contributed by atoms with E-state index in [4.69, 9.17) is 0 Å². The fourth-order valence-corrected chi connectivity index (χ4v) is 3.44. The number of Topliss-reactive ketones (excluding diaryl/α,β-unsaturated/α-hetero) is 1. The summed E-state index contributed by atoms with van der Waals surface area (Å²) in [7, 11) is 0. The lowest BCUT2D eigenvalue weighted by molar-refractivity contribution is -0.124. The average Bonchev–Trinajstić information content (AvgIpc) is 2.26. The van der Waals surface area contributed by atoms with Crippen LogP contribution < -0.4 is 0 Å². The molecule has 0 aromatic rings. The number of hydrogen-bond acceptors (Lipinski definition) is 2. The van der Waals surface area contributed by atoms with Gasteiger partial charge >= 0.3 is 0 Å². The third kappa shape index (κ3) is 0.817. The van der Waals surface area contributed by atoms with E-state index >= 15 is 0 Å². The van der Waals surface area contributed by atoms with E-state index in [0.29, 0.717) is 17.9 Å². The molecule has 66 valence electrons. The van der Waals surface area contributed by atoms with Crippen molar-refractivity contribution in [2.75, 3.05) is 6.54 Å². The van der Waals surface area contributed by atoms with Crippen molar-refractivity contribution >= 4 is 5.78 Å². The Morgan fingerprint density at radius 3 is 3.17 bits per heavy atom. The molecule has 2 heteroatoms. The Balaban J connectivity index is 1.92. The summed E-state index contributed by atoms with van der Waals surface area (Å²) in [6.07, 6.45) is 5.78. The molecule has 1 unspecified atom stereocenters. The van der Waals surface area contributed by atoms with Crippen LogP contribution in [0, 0.1) is 5.92 Å². The van der Waals surface area contributed by atoms with E-state index in [0.717, 1.165) is 18.8 Å². The Labute approximate surface area is 72.9 Å². The topological polar surface area (TPSA) is 20.3 Å². The molecule has 0 aromatic heterocycles. The largest absolute Gasteiger partial charge is 0.300 e. The Bertz CT molecular complexity index is 226. The zero-order valence-corrected chi connectivity index (χ0v) is 7.33. The van der Waals surface area contributed by atoms with Crippen molar-refractivity contribution in [3.8, 4) is 0 Å². The Hall–Kier alpha value is -0.370. The van der Waals surface area contributed by atoms with E-state index in [1.807, 2.05) is 0 Å². The maximum atomic E-state index is 11.3. The van der Waals surface area contributed by atoms with Gasteiger partial charge in [-0.1, -0.05) is 0 Å². The summed E-state index contributed by atoms with van der Waals surface area (Å²) < 4.78 is 0. The first-order chi connectivity index (χ1) is 5.84. The minimum atomic E-state index is 0.519. The van der Waals surface area contributed by atoms with Crippen molar-refractivity contribution in [2.45, 2.75) is 44.2 Å². The van der Waals surface area contributed by atoms with Gasteiger partial charge in [0, 0.05) is 24.9 Å². The van der Waals surface area contributed by atoms with Crippen molar-refractivity contribution in [1.82, 2.24) is 4.90 Å². The second kappa shape index (κ2) is 2.32. The summed E-state index contributed by atoms with van der Waals surface area (Å²) in [5, 5.41) is 0. The second-order valence-electron chi connectivity index (χ2n) is 4.54. The van der Waals surface area contributed by atoms with Crippen molar-refractivity contribution in [3.63, 3.8) is 0 Å². The van der Waals surface area contributed by atoms with Gasteiger partial charge in [0.1, 0.15) is 5.78 Å². The molecule has 0 N–H and O–H groups in total. The molecular weight excluding hydrogens is 150 g/mol. The fraction of sp³-hybridized carbons (Fsp3) is 0.900. The van der Waals surface area contributed by atoms with Crippen LogP contribution in [0.4, 0.5) is 0 Å². The quantitative estimate of drug-likeness (QED) is 0.537. The molecule has 4 bridgehead atoms. The molecule has 3 aliphatic heterocycles. The molecule has 0 saturated carbocycles. The molecule has 0 aliphatic carbocycles. The van der Waals surface area contributed by atoms with Gasteiger partial charge in [0.15, 0.2) is 0 Å². The molecule has 3 fully saturated rings. The van der Waals surface area contributed by atoms with Crippen molar-refractivity contribution < 1.29 is 4.79 Å². The van der Waals surface area contributed by atoms with Crippen LogP contribution in [0.1, 0.15) is 32.1 Å². The Morgan fingerprint density at radius 1 is 1.33 bits per heavy atom. The lowest BCUT2D eigenvalue weighted by Gasteiger charge is -2.38. The molecule has 3 aliphatic rings. The first-order valence-electron chi connectivity index (χ1n) is 5.12. The molecule has 0 amide bonds. The molecule has 4 atom stereocenters. The van der Waals surface area contributed by atoms with Crippen LogP contribution in [-0.2, 0) is 4.79 Å². The standard InChI is InChI=1S/C10H15NO/c12-9-5-8-4-7-2-1-3-11(8)10(7)6-9/h7-8,10H,1-6H2/t7-,8-,10+/m0/s1. The van der Waals surface area contributed by atoms with Gasteiger partial charge in [0.25, 0.3) is 0 Å². The van der Waals surface area contributed by atoms with Crippen molar-refractivity contribution in [3.05, 3.63) is 0 Å². The van der Waals surface area contributed by atoms with Crippen LogP contribution in [0.2, 0.25) is 0 Å². The van der Waals surface area contributed by atoms with E-state index in [1.54, 1.807) is 0 Å². The van der Waals surface area contributed by atoms with Gasteiger partial charge in [-0.15, -0.1) is 0 Å². The maximum absolute atomic E-state index is 11.3.